The highest BCUT2D eigenvalue weighted by atomic mass is 19.4. The number of ether oxygens (including phenoxy) is 1. The lowest BCUT2D eigenvalue weighted by Crippen LogP contribution is -2.37. The van der Waals surface area contributed by atoms with Gasteiger partial charge in [-0.3, -0.25) is 4.99 Å². The van der Waals surface area contributed by atoms with Gasteiger partial charge in [-0.2, -0.15) is 13.2 Å². The van der Waals surface area contributed by atoms with Crippen molar-refractivity contribution in [2.24, 2.45) is 4.99 Å². The van der Waals surface area contributed by atoms with E-state index in [1.54, 1.807) is 0 Å². The van der Waals surface area contributed by atoms with E-state index in [0.717, 1.165) is 13.1 Å². The first-order chi connectivity index (χ1) is 6.99. The molecule has 0 bridgehead atoms. The Morgan fingerprint density at radius 3 is 2.80 bits per heavy atom. The van der Waals surface area contributed by atoms with Crippen LogP contribution in [0, 0.1) is 0 Å². The summed E-state index contributed by atoms with van der Waals surface area (Å²) in [6, 6.07) is 0. The SMILES string of the molecule is CN1CCN=C1NCCOCC(F)(F)F. The predicted octanol–water partition coefficient (Wildman–Crippen LogP) is 0.456. The molecule has 1 N–H and O–H groups in total. The summed E-state index contributed by atoms with van der Waals surface area (Å²) in [6.45, 7) is 0.719. The highest BCUT2D eigenvalue weighted by Gasteiger charge is 2.27. The third kappa shape index (κ3) is 4.87. The smallest absolute Gasteiger partial charge is 0.370 e. The van der Waals surface area contributed by atoms with Crippen LogP contribution in [0.5, 0.6) is 0 Å². The van der Waals surface area contributed by atoms with E-state index in [1.807, 2.05) is 11.9 Å². The molecule has 1 rings (SSSR count). The van der Waals surface area contributed by atoms with Crippen LogP contribution in [0.25, 0.3) is 0 Å². The fraction of sp³-hybridized carbons (Fsp3) is 0.875. The van der Waals surface area contributed by atoms with Crippen molar-refractivity contribution in [1.29, 1.82) is 0 Å². The van der Waals surface area contributed by atoms with Gasteiger partial charge in [0.1, 0.15) is 6.61 Å². The second-order valence-corrected chi connectivity index (χ2v) is 3.22. The number of hydrogen-bond donors (Lipinski definition) is 1. The summed E-state index contributed by atoms with van der Waals surface area (Å²) in [5.41, 5.74) is 0. The summed E-state index contributed by atoms with van der Waals surface area (Å²) in [7, 11) is 1.87. The Balaban J connectivity index is 2.02. The summed E-state index contributed by atoms with van der Waals surface area (Å²) in [4.78, 5) is 6.02. The van der Waals surface area contributed by atoms with Crippen molar-refractivity contribution < 1.29 is 17.9 Å². The summed E-state index contributed by atoms with van der Waals surface area (Å²) in [6.07, 6.45) is -4.25. The minimum absolute atomic E-state index is 0.0202. The number of likely N-dealkylation sites (N-methyl/N-ethyl adjacent to an activating group) is 1. The molecule has 0 saturated heterocycles. The number of alkyl halides is 3. The van der Waals surface area contributed by atoms with Gasteiger partial charge >= 0.3 is 6.18 Å². The molecule has 1 aliphatic rings. The van der Waals surface area contributed by atoms with Crippen LogP contribution in [-0.4, -0.2) is 56.9 Å². The van der Waals surface area contributed by atoms with Gasteiger partial charge < -0.3 is 15.0 Å². The molecule has 7 heteroatoms. The molecule has 0 fully saturated rings. The van der Waals surface area contributed by atoms with Crippen LogP contribution in [-0.2, 0) is 4.74 Å². The van der Waals surface area contributed by atoms with Crippen molar-refractivity contribution in [3.05, 3.63) is 0 Å². The first-order valence-corrected chi connectivity index (χ1v) is 4.63. The highest BCUT2D eigenvalue weighted by Crippen LogP contribution is 2.13. The maximum absolute atomic E-state index is 11.7. The molecule has 88 valence electrons. The zero-order valence-corrected chi connectivity index (χ0v) is 8.47. The number of aliphatic imine (C=N–C) groups is 1. The highest BCUT2D eigenvalue weighted by molar-refractivity contribution is 5.81. The molecule has 0 radical (unpaired) electrons. The van der Waals surface area contributed by atoms with Gasteiger partial charge in [0, 0.05) is 20.1 Å². The van der Waals surface area contributed by atoms with E-state index in [1.165, 1.54) is 0 Å². The Hall–Kier alpha value is -0.980. The zero-order chi connectivity index (χ0) is 11.3. The molecule has 1 aliphatic heterocycles. The van der Waals surface area contributed by atoms with Crippen LogP contribution < -0.4 is 5.32 Å². The van der Waals surface area contributed by atoms with Crippen molar-refractivity contribution in [3.8, 4) is 0 Å². The quantitative estimate of drug-likeness (QED) is 0.706. The average molecular weight is 225 g/mol. The summed E-state index contributed by atoms with van der Waals surface area (Å²) in [5.74, 6) is 0.714. The number of nitrogens with zero attached hydrogens (tertiary/aromatic N) is 2. The van der Waals surface area contributed by atoms with E-state index in [-0.39, 0.29) is 6.61 Å². The molecule has 1 heterocycles. The van der Waals surface area contributed by atoms with E-state index in [0.29, 0.717) is 12.5 Å². The van der Waals surface area contributed by atoms with Crippen molar-refractivity contribution in [2.75, 3.05) is 39.9 Å². The van der Waals surface area contributed by atoms with Crippen LogP contribution in [0.1, 0.15) is 0 Å². The minimum atomic E-state index is -4.25. The third-order valence-electron chi connectivity index (χ3n) is 1.85. The Bertz CT molecular complexity index is 230. The molecule has 0 unspecified atom stereocenters. The van der Waals surface area contributed by atoms with E-state index in [4.69, 9.17) is 0 Å². The third-order valence-corrected chi connectivity index (χ3v) is 1.85. The monoisotopic (exact) mass is 225 g/mol. The van der Waals surface area contributed by atoms with Gasteiger partial charge in [0.25, 0.3) is 0 Å². The Labute approximate surface area is 86.1 Å². The van der Waals surface area contributed by atoms with Gasteiger partial charge in [0.15, 0.2) is 5.96 Å². The van der Waals surface area contributed by atoms with E-state index in [9.17, 15) is 13.2 Å². The Morgan fingerprint density at radius 1 is 1.53 bits per heavy atom. The number of guanidine groups is 1. The largest absolute Gasteiger partial charge is 0.411 e. The zero-order valence-electron chi connectivity index (χ0n) is 8.47. The van der Waals surface area contributed by atoms with Gasteiger partial charge in [0.05, 0.1) is 13.2 Å². The van der Waals surface area contributed by atoms with E-state index >= 15 is 0 Å². The molecule has 15 heavy (non-hydrogen) atoms. The van der Waals surface area contributed by atoms with Gasteiger partial charge in [-0.25, -0.2) is 0 Å². The van der Waals surface area contributed by atoms with Crippen LogP contribution in [0.3, 0.4) is 0 Å². The first kappa shape index (κ1) is 12.1. The van der Waals surface area contributed by atoms with Crippen LogP contribution in [0.4, 0.5) is 13.2 Å². The van der Waals surface area contributed by atoms with Crippen LogP contribution in [0.2, 0.25) is 0 Å². The van der Waals surface area contributed by atoms with Crippen molar-refractivity contribution >= 4 is 5.96 Å². The number of halogens is 3. The molecule has 0 saturated carbocycles. The molecule has 4 nitrogen and oxygen atoms in total. The molecule has 0 aromatic carbocycles. The minimum Gasteiger partial charge on any atom is -0.370 e. The molecule has 0 atom stereocenters. The maximum atomic E-state index is 11.7. The van der Waals surface area contributed by atoms with Gasteiger partial charge in [-0.05, 0) is 0 Å². The number of rotatable bonds is 4. The van der Waals surface area contributed by atoms with Gasteiger partial charge in [0.2, 0.25) is 0 Å². The normalized spacial score (nSPS) is 16.8. The molecule has 0 aliphatic carbocycles. The lowest BCUT2D eigenvalue weighted by molar-refractivity contribution is -0.173. The molecule has 0 aromatic rings. The fourth-order valence-electron chi connectivity index (χ4n) is 1.15. The van der Waals surface area contributed by atoms with Crippen molar-refractivity contribution in [1.82, 2.24) is 10.2 Å². The summed E-state index contributed by atoms with van der Waals surface area (Å²) < 4.78 is 39.4. The topological polar surface area (TPSA) is 36.9 Å². The number of hydrogen-bond acceptors (Lipinski definition) is 4. The second-order valence-electron chi connectivity index (χ2n) is 3.22. The molecule has 0 spiro atoms. The summed E-state index contributed by atoms with van der Waals surface area (Å²) >= 11 is 0. The molecule has 0 amide bonds. The second kappa shape index (κ2) is 5.20. The average Bonchev–Trinajstić information content (AvgIpc) is 2.49. The van der Waals surface area contributed by atoms with Crippen LogP contribution >= 0.6 is 0 Å². The van der Waals surface area contributed by atoms with Crippen LogP contribution in [0.15, 0.2) is 4.99 Å². The Kier molecular flexibility index (Phi) is 4.19. The van der Waals surface area contributed by atoms with Crippen molar-refractivity contribution in [3.63, 3.8) is 0 Å². The lowest BCUT2D eigenvalue weighted by Gasteiger charge is -2.15. The van der Waals surface area contributed by atoms with Crippen molar-refractivity contribution in [2.45, 2.75) is 6.18 Å². The predicted molar refractivity (Wildman–Crippen MR) is 49.8 cm³/mol. The summed E-state index contributed by atoms with van der Waals surface area (Å²) in [5, 5.41) is 2.90. The molecular weight excluding hydrogens is 211 g/mol. The van der Waals surface area contributed by atoms with Gasteiger partial charge in [-0.15, -0.1) is 0 Å². The first-order valence-electron chi connectivity index (χ1n) is 4.63. The maximum Gasteiger partial charge on any atom is 0.411 e. The fourth-order valence-corrected chi connectivity index (χ4v) is 1.15. The molecular formula is C8H14F3N3O. The lowest BCUT2D eigenvalue weighted by atomic mass is 10.6. The Morgan fingerprint density at radius 2 is 2.27 bits per heavy atom. The van der Waals surface area contributed by atoms with E-state index < -0.39 is 12.8 Å². The van der Waals surface area contributed by atoms with E-state index in [2.05, 4.69) is 15.0 Å². The standard InChI is InChI=1S/C8H14F3N3O/c1-14-4-2-12-7(14)13-3-5-15-6-8(9,10)11/h2-6H2,1H3,(H,12,13). The molecule has 0 aromatic heterocycles. The van der Waals surface area contributed by atoms with Gasteiger partial charge in [-0.1, -0.05) is 0 Å². The number of nitrogens with one attached hydrogen (secondary N) is 1.